The van der Waals surface area contributed by atoms with Crippen LogP contribution >= 0.6 is 15.9 Å². The molecule has 0 atom stereocenters. The Hall–Kier alpha value is -2.21. The van der Waals surface area contributed by atoms with Crippen molar-refractivity contribution in [1.29, 1.82) is 0 Å². The molecular formula is C21H26BrN3O2. The summed E-state index contributed by atoms with van der Waals surface area (Å²) in [5, 5.41) is 18.7. The smallest absolute Gasteiger partial charge is 0.272 e. The maximum absolute atomic E-state index is 12.2. The maximum Gasteiger partial charge on any atom is 0.272 e. The highest BCUT2D eigenvalue weighted by Crippen LogP contribution is 2.41. The van der Waals surface area contributed by atoms with E-state index in [2.05, 4.69) is 31.7 Å². The van der Waals surface area contributed by atoms with Crippen LogP contribution in [0.3, 0.4) is 0 Å². The Morgan fingerprint density at radius 3 is 2.04 bits per heavy atom. The maximum atomic E-state index is 12.2. The number of rotatable bonds is 3. The van der Waals surface area contributed by atoms with Crippen LogP contribution < -0.4 is 5.43 Å². The van der Waals surface area contributed by atoms with E-state index in [-0.39, 0.29) is 22.5 Å². The van der Waals surface area contributed by atoms with Crippen LogP contribution in [0.1, 0.15) is 63.0 Å². The van der Waals surface area contributed by atoms with E-state index in [1.54, 1.807) is 30.3 Å². The van der Waals surface area contributed by atoms with Gasteiger partial charge in [0.2, 0.25) is 0 Å². The molecule has 0 spiro atoms. The van der Waals surface area contributed by atoms with Crippen molar-refractivity contribution < 1.29 is 9.90 Å². The minimum absolute atomic E-state index is 0.255. The molecule has 0 aromatic heterocycles. The molecule has 0 radical (unpaired) electrons. The average molecular weight is 432 g/mol. The summed E-state index contributed by atoms with van der Waals surface area (Å²) in [6.07, 6.45) is 0. The van der Waals surface area contributed by atoms with Gasteiger partial charge in [-0.15, -0.1) is 5.11 Å². The second-order valence-corrected chi connectivity index (χ2v) is 9.46. The number of phenolic OH excluding ortho intramolecular Hbond substituents is 1. The molecule has 6 heteroatoms. The van der Waals surface area contributed by atoms with E-state index >= 15 is 0 Å². The molecule has 2 aromatic carbocycles. The Balaban J connectivity index is 2.32. The van der Waals surface area contributed by atoms with Gasteiger partial charge >= 0.3 is 0 Å². The van der Waals surface area contributed by atoms with Gasteiger partial charge in [-0.1, -0.05) is 68.8 Å². The summed E-state index contributed by atoms with van der Waals surface area (Å²) < 4.78 is 0.815. The molecule has 2 rings (SSSR count). The summed E-state index contributed by atoms with van der Waals surface area (Å²) in [5.41, 5.74) is 4.59. The topological polar surface area (TPSA) is 74.0 Å². The summed E-state index contributed by atoms with van der Waals surface area (Å²) in [6, 6.07) is 10.6. The first-order valence-corrected chi connectivity index (χ1v) is 9.53. The van der Waals surface area contributed by atoms with Gasteiger partial charge in [-0.25, -0.2) is 5.43 Å². The Morgan fingerprint density at radius 2 is 1.56 bits per heavy atom. The number of nitrogens with one attached hydrogen (secondary N) is 1. The van der Waals surface area contributed by atoms with Crippen LogP contribution in [0.5, 0.6) is 5.75 Å². The third kappa shape index (κ3) is 5.39. The highest BCUT2D eigenvalue weighted by molar-refractivity contribution is 9.10. The van der Waals surface area contributed by atoms with E-state index in [1.165, 1.54) is 0 Å². The first-order valence-electron chi connectivity index (χ1n) is 8.74. The third-order valence-corrected chi connectivity index (χ3v) is 4.61. The largest absolute Gasteiger partial charge is 0.507 e. The highest BCUT2D eigenvalue weighted by atomic mass is 79.9. The van der Waals surface area contributed by atoms with Crippen LogP contribution in [0.25, 0.3) is 0 Å². The van der Waals surface area contributed by atoms with Gasteiger partial charge in [-0.05, 0) is 41.2 Å². The molecule has 2 N–H and O–H groups in total. The zero-order chi connectivity index (χ0) is 20.4. The van der Waals surface area contributed by atoms with Crippen molar-refractivity contribution in [3.8, 4) is 5.75 Å². The molecule has 0 aliphatic rings. The predicted octanol–water partition coefficient (Wildman–Crippen LogP) is 6.18. The fraction of sp³-hybridized carbons (Fsp3) is 0.381. The van der Waals surface area contributed by atoms with E-state index in [4.69, 9.17) is 0 Å². The summed E-state index contributed by atoms with van der Waals surface area (Å²) >= 11 is 3.34. The molecule has 0 heterocycles. The van der Waals surface area contributed by atoms with Gasteiger partial charge < -0.3 is 5.11 Å². The third-order valence-electron chi connectivity index (χ3n) is 4.11. The van der Waals surface area contributed by atoms with Gasteiger partial charge in [0.1, 0.15) is 5.75 Å². The zero-order valence-electron chi connectivity index (χ0n) is 16.6. The summed E-state index contributed by atoms with van der Waals surface area (Å²) in [4.78, 5) is 12.2. The molecule has 5 nitrogen and oxygen atoms in total. The summed E-state index contributed by atoms with van der Waals surface area (Å²) in [6.45, 7) is 12.2. The van der Waals surface area contributed by atoms with Crippen LogP contribution in [0, 0.1) is 0 Å². The van der Waals surface area contributed by atoms with E-state index in [0.29, 0.717) is 11.3 Å². The second kappa shape index (κ2) is 7.80. The molecular weight excluding hydrogens is 406 g/mol. The number of hydrogen-bond acceptors (Lipinski definition) is 4. The molecule has 0 aliphatic carbocycles. The molecule has 0 saturated carbocycles. The molecule has 0 fully saturated rings. The Morgan fingerprint density at radius 1 is 1.00 bits per heavy atom. The second-order valence-electron chi connectivity index (χ2n) is 8.54. The standard InChI is InChI=1S/C21H26BrN3O2/c1-20(2,3)16-11-15(12-17(18(16)26)21(4,5)6)23-25-24-19(27)13-8-7-9-14(22)10-13/h7-12,26H,1-6H3,(H,23,24,27). The monoisotopic (exact) mass is 431 g/mol. The van der Waals surface area contributed by atoms with Gasteiger partial charge in [-0.3, -0.25) is 4.79 Å². The normalized spacial score (nSPS) is 12.4. The zero-order valence-corrected chi connectivity index (χ0v) is 18.2. The minimum atomic E-state index is -0.342. The van der Waals surface area contributed by atoms with Crippen molar-refractivity contribution in [2.24, 2.45) is 10.3 Å². The van der Waals surface area contributed by atoms with Gasteiger partial charge in [0.25, 0.3) is 5.91 Å². The number of nitrogens with zero attached hydrogens (tertiary/aromatic N) is 2. The van der Waals surface area contributed by atoms with Crippen molar-refractivity contribution >= 4 is 27.5 Å². The Labute approximate surface area is 169 Å². The van der Waals surface area contributed by atoms with E-state index in [1.807, 2.05) is 47.6 Å². The molecule has 0 bridgehead atoms. The number of amides is 1. The number of halogens is 1. The van der Waals surface area contributed by atoms with E-state index in [9.17, 15) is 9.90 Å². The van der Waals surface area contributed by atoms with E-state index in [0.717, 1.165) is 15.6 Å². The number of phenols is 1. The quantitative estimate of drug-likeness (QED) is 0.449. The highest BCUT2D eigenvalue weighted by Gasteiger charge is 2.26. The van der Waals surface area contributed by atoms with Crippen LogP contribution in [0.2, 0.25) is 0 Å². The molecule has 27 heavy (non-hydrogen) atoms. The number of carbonyl (C=O) groups is 1. The fourth-order valence-corrected chi connectivity index (χ4v) is 3.04. The number of benzene rings is 2. The summed E-state index contributed by atoms with van der Waals surface area (Å²) in [5.74, 6) is -0.0574. The van der Waals surface area contributed by atoms with Crippen molar-refractivity contribution in [2.75, 3.05) is 0 Å². The van der Waals surface area contributed by atoms with Crippen LogP contribution in [0.4, 0.5) is 5.69 Å². The predicted molar refractivity (Wildman–Crippen MR) is 112 cm³/mol. The molecule has 144 valence electrons. The van der Waals surface area contributed by atoms with Gasteiger partial charge in [0, 0.05) is 21.2 Å². The average Bonchev–Trinajstić information content (AvgIpc) is 2.53. The molecule has 2 aromatic rings. The van der Waals surface area contributed by atoms with Crippen LogP contribution in [-0.2, 0) is 10.8 Å². The first kappa shape index (κ1) is 21.1. The lowest BCUT2D eigenvalue weighted by Gasteiger charge is -2.27. The van der Waals surface area contributed by atoms with Gasteiger partial charge in [0.15, 0.2) is 0 Å². The lowest BCUT2D eigenvalue weighted by Crippen LogP contribution is -2.17. The molecule has 0 unspecified atom stereocenters. The lowest BCUT2D eigenvalue weighted by atomic mass is 9.79. The molecule has 0 saturated heterocycles. The van der Waals surface area contributed by atoms with E-state index < -0.39 is 0 Å². The molecule has 1 amide bonds. The molecule has 0 aliphatic heterocycles. The minimum Gasteiger partial charge on any atom is -0.507 e. The van der Waals surface area contributed by atoms with Crippen LogP contribution in [-0.4, -0.2) is 11.0 Å². The number of aromatic hydroxyl groups is 1. The van der Waals surface area contributed by atoms with Crippen molar-refractivity contribution in [2.45, 2.75) is 52.4 Å². The van der Waals surface area contributed by atoms with Gasteiger partial charge in [-0.2, -0.15) is 0 Å². The number of carbonyl (C=O) groups excluding carboxylic acids is 1. The van der Waals surface area contributed by atoms with Gasteiger partial charge in [0.05, 0.1) is 5.69 Å². The Kier molecular flexibility index (Phi) is 6.10. The summed E-state index contributed by atoms with van der Waals surface area (Å²) in [7, 11) is 0. The van der Waals surface area contributed by atoms with Crippen molar-refractivity contribution in [1.82, 2.24) is 5.43 Å². The Bertz CT molecular complexity index is 843. The van der Waals surface area contributed by atoms with Crippen molar-refractivity contribution in [3.05, 3.63) is 57.6 Å². The SMILES string of the molecule is CC(C)(C)c1cc(N=NNC(=O)c2cccc(Br)c2)cc(C(C)(C)C)c1O. The van der Waals surface area contributed by atoms with Crippen molar-refractivity contribution in [3.63, 3.8) is 0 Å². The fourth-order valence-electron chi connectivity index (χ4n) is 2.64. The van der Waals surface area contributed by atoms with Crippen LogP contribution in [0.15, 0.2) is 51.2 Å². The number of hydrogen-bond donors (Lipinski definition) is 2. The first-order chi connectivity index (χ1) is 12.4. The lowest BCUT2D eigenvalue weighted by molar-refractivity contribution is 0.0952.